The first kappa shape index (κ1) is 19.6. The Morgan fingerprint density at radius 3 is 2.04 bits per heavy atom. The third-order valence-electron chi connectivity index (χ3n) is 3.54. The van der Waals surface area contributed by atoms with E-state index in [1.165, 1.54) is 25.0 Å². The van der Waals surface area contributed by atoms with E-state index in [4.69, 9.17) is 0 Å². The van der Waals surface area contributed by atoms with Gasteiger partial charge in [-0.3, -0.25) is 19.3 Å². The lowest BCUT2D eigenvalue weighted by Crippen LogP contribution is -2.38. The van der Waals surface area contributed by atoms with Crippen LogP contribution in [-0.4, -0.2) is 35.7 Å². The summed E-state index contributed by atoms with van der Waals surface area (Å²) in [7, 11) is 0. The minimum Gasteiger partial charge on any atom is -0.354 e. The first-order valence-corrected chi connectivity index (χ1v) is 8.33. The van der Waals surface area contributed by atoms with Crippen molar-refractivity contribution in [2.24, 2.45) is 0 Å². The van der Waals surface area contributed by atoms with Crippen molar-refractivity contribution in [3.8, 4) is 0 Å². The Morgan fingerprint density at radius 1 is 1.00 bits per heavy atom. The van der Waals surface area contributed by atoms with E-state index in [9.17, 15) is 14.4 Å². The van der Waals surface area contributed by atoms with E-state index >= 15 is 0 Å². The van der Waals surface area contributed by atoms with Gasteiger partial charge in [0.2, 0.25) is 5.91 Å². The van der Waals surface area contributed by atoms with Crippen LogP contribution < -0.4 is 5.32 Å². The van der Waals surface area contributed by atoms with Gasteiger partial charge in [-0.1, -0.05) is 56.5 Å². The molecule has 1 aromatic carbocycles. The standard InChI is InChI=1S/C15H16N2O3.C4H10/c1-11-2-4-12(5-3-11)10-13(18)16-8-9-17-14(19)6-7-15(17)20;1-3-4-2/h2-7H,8-10H2,1H3,(H,16,18);3-4H2,1-2H3. The lowest BCUT2D eigenvalue weighted by Gasteiger charge is -2.14. The van der Waals surface area contributed by atoms with Crippen molar-refractivity contribution in [2.75, 3.05) is 13.1 Å². The van der Waals surface area contributed by atoms with Crippen molar-refractivity contribution in [2.45, 2.75) is 40.0 Å². The molecule has 1 N–H and O–H groups in total. The zero-order valence-corrected chi connectivity index (χ0v) is 14.7. The maximum Gasteiger partial charge on any atom is 0.253 e. The average Bonchev–Trinajstić information content (AvgIpc) is 2.89. The molecule has 2 rings (SSSR count). The van der Waals surface area contributed by atoms with Crippen LogP contribution in [0.5, 0.6) is 0 Å². The number of carbonyl (C=O) groups is 3. The second-order valence-corrected chi connectivity index (χ2v) is 5.67. The monoisotopic (exact) mass is 330 g/mol. The molecule has 0 saturated carbocycles. The molecule has 5 nitrogen and oxygen atoms in total. The van der Waals surface area contributed by atoms with Gasteiger partial charge < -0.3 is 5.32 Å². The first-order valence-electron chi connectivity index (χ1n) is 8.33. The summed E-state index contributed by atoms with van der Waals surface area (Å²) < 4.78 is 0. The van der Waals surface area contributed by atoms with Gasteiger partial charge in [-0.2, -0.15) is 0 Å². The molecule has 0 aromatic heterocycles. The third-order valence-corrected chi connectivity index (χ3v) is 3.54. The van der Waals surface area contributed by atoms with Gasteiger partial charge in [-0.05, 0) is 12.5 Å². The number of imide groups is 1. The van der Waals surface area contributed by atoms with Crippen LogP contribution in [0.1, 0.15) is 37.8 Å². The maximum atomic E-state index is 11.7. The summed E-state index contributed by atoms with van der Waals surface area (Å²) in [5.41, 5.74) is 2.08. The second-order valence-electron chi connectivity index (χ2n) is 5.67. The molecule has 0 saturated heterocycles. The number of aryl methyl sites for hydroxylation is 1. The summed E-state index contributed by atoms with van der Waals surface area (Å²) >= 11 is 0. The van der Waals surface area contributed by atoms with Crippen molar-refractivity contribution in [3.63, 3.8) is 0 Å². The molecule has 1 aromatic rings. The minimum atomic E-state index is -0.331. The van der Waals surface area contributed by atoms with E-state index in [2.05, 4.69) is 19.2 Å². The molecule has 130 valence electrons. The minimum absolute atomic E-state index is 0.124. The Labute approximate surface area is 143 Å². The highest BCUT2D eigenvalue weighted by molar-refractivity contribution is 6.12. The van der Waals surface area contributed by atoms with E-state index in [-0.39, 0.29) is 30.8 Å². The molecule has 0 atom stereocenters. The maximum absolute atomic E-state index is 11.7. The molecule has 0 radical (unpaired) electrons. The summed E-state index contributed by atoms with van der Waals surface area (Å²) in [6, 6.07) is 7.73. The van der Waals surface area contributed by atoms with E-state index in [0.29, 0.717) is 6.42 Å². The number of nitrogens with zero attached hydrogens (tertiary/aromatic N) is 1. The van der Waals surface area contributed by atoms with Crippen molar-refractivity contribution in [1.29, 1.82) is 0 Å². The van der Waals surface area contributed by atoms with Crippen LogP contribution in [0.15, 0.2) is 36.4 Å². The highest BCUT2D eigenvalue weighted by atomic mass is 16.2. The predicted molar refractivity (Wildman–Crippen MR) is 94.3 cm³/mol. The molecular formula is C19H26N2O3. The number of nitrogens with one attached hydrogen (secondary N) is 1. The lowest BCUT2D eigenvalue weighted by molar-refractivity contribution is -0.137. The average molecular weight is 330 g/mol. The summed E-state index contributed by atoms with van der Waals surface area (Å²) in [4.78, 5) is 35.4. The van der Waals surface area contributed by atoms with Crippen molar-refractivity contribution in [3.05, 3.63) is 47.5 Å². The van der Waals surface area contributed by atoms with E-state index in [1.54, 1.807) is 0 Å². The zero-order valence-electron chi connectivity index (χ0n) is 14.7. The molecule has 5 heteroatoms. The summed E-state index contributed by atoms with van der Waals surface area (Å²) in [6.45, 7) is 6.82. The van der Waals surface area contributed by atoms with Crippen LogP contribution in [-0.2, 0) is 20.8 Å². The molecule has 1 heterocycles. The number of hydrogen-bond donors (Lipinski definition) is 1. The van der Waals surface area contributed by atoms with Crippen molar-refractivity contribution >= 4 is 17.7 Å². The van der Waals surface area contributed by atoms with Gasteiger partial charge in [0.1, 0.15) is 0 Å². The Kier molecular flexibility index (Phi) is 8.47. The smallest absolute Gasteiger partial charge is 0.253 e. The molecule has 1 aliphatic heterocycles. The van der Waals surface area contributed by atoms with Gasteiger partial charge in [-0.15, -0.1) is 0 Å². The van der Waals surface area contributed by atoms with Gasteiger partial charge in [-0.25, -0.2) is 0 Å². The van der Waals surface area contributed by atoms with Gasteiger partial charge in [0.15, 0.2) is 0 Å². The van der Waals surface area contributed by atoms with Crippen LogP contribution in [0, 0.1) is 6.92 Å². The van der Waals surface area contributed by atoms with Crippen molar-refractivity contribution < 1.29 is 14.4 Å². The number of amides is 3. The fourth-order valence-corrected chi connectivity index (χ4v) is 1.91. The highest BCUT2D eigenvalue weighted by Crippen LogP contribution is 2.04. The summed E-state index contributed by atoms with van der Waals surface area (Å²) in [5.74, 6) is -0.786. The fourth-order valence-electron chi connectivity index (χ4n) is 1.91. The molecule has 0 fully saturated rings. The van der Waals surface area contributed by atoms with Crippen LogP contribution in [0.3, 0.4) is 0 Å². The number of unbranched alkanes of at least 4 members (excludes halogenated alkanes) is 1. The van der Waals surface area contributed by atoms with E-state index in [1.807, 2.05) is 31.2 Å². The molecule has 0 bridgehead atoms. The Balaban J connectivity index is 0.000000648. The third kappa shape index (κ3) is 6.77. The number of carbonyl (C=O) groups excluding carboxylic acids is 3. The van der Waals surface area contributed by atoms with Gasteiger partial charge in [0, 0.05) is 25.2 Å². The largest absolute Gasteiger partial charge is 0.354 e. The van der Waals surface area contributed by atoms with Crippen LogP contribution in [0.4, 0.5) is 0 Å². The topological polar surface area (TPSA) is 66.5 Å². The second kappa shape index (κ2) is 10.4. The van der Waals surface area contributed by atoms with Crippen LogP contribution in [0.2, 0.25) is 0 Å². The first-order chi connectivity index (χ1) is 11.5. The SMILES string of the molecule is CCCC.Cc1ccc(CC(=O)NCCN2C(=O)C=CC2=O)cc1. The number of benzene rings is 1. The van der Waals surface area contributed by atoms with E-state index in [0.717, 1.165) is 16.0 Å². The Morgan fingerprint density at radius 2 is 1.54 bits per heavy atom. The molecule has 0 unspecified atom stereocenters. The molecule has 0 aliphatic carbocycles. The van der Waals surface area contributed by atoms with Crippen molar-refractivity contribution in [1.82, 2.24) is 10.2 Å². The quantitative estimate of drug-likeness (QED) is 0.815. The Bertz CT molecular complexity index is 571. The molecular weight excluding hydrogens is 304 g/mol. The molecule has 1 aliphatic rings. The van der Waals surface area contributed by atoms with Gasteiger partial charge >= 0.3 is 0 Å². The predicted octanol–water partition coefficient (Wildman–Crippen LogP) is 2.39. The molecule has 0 spiro atoms. The normalized spacial score (nSPS) is 12.9. The van der Waals surface area contributed by atoms with Crippen LogP contribution in [0.25, 0.3) is 0 Å². The number of rotatable bonds is 6. The van der Waals surface area contributed by atoms with Gasteiger partial charge in [0.25, 0.3) is 11.8 Å². The highest BCUT2D eigenvalue weighted by Gasteiger charge is 2.22. The van der Waals surface area contributed by atoms with Crippen LogP contribution >= 0.6 is 0 Å². The summed E-state index contributed by atoms with van der Waals surface area (Å²) in [6.07, 6.45) is 5.40. The fraction of sp³-hybridized carbons (Fsp3) is 0.421. The Hall–Kier alpha value is -2.43. The molecule has 24 heavy (non-hydrogen) atoms. The zero-order chi connectivity index (χ0) is 17.9. The molecule has 3 amide bonds. The lowest BCUT2D eigenvalue weighted by atomic mass is 10.1. The number of hydrogen-bond acceptors (Lipinski definition) is 3. The van der Waals surface area contributed by atoms with E-state index < -0.39 is 0 Å². The summed E-state index contributed by atoms with van der Waals surface area (Å²) in [5, 5.41) is 2.70. The van der Waals surface area contributed by atoms with Gasteiger partial charge in [0.05, 0.1) is 6.42 Å².